The molecule has 0 aliphatic rings. The molecule has 0 spiro atoms. The highest BCUT2D eigenvalue weighted by Gasteiger charge is 2.11. The molecule has 0 radical (unpaired) electrons. The molecule has 0 aromatic heterocycles. The van der Waals surface area contributed by atoms with Crippen molar-refractivity contribution in [2.45, 2.75) is 161 Å². The van der Waals surface area contributed by atoms with Gasteiger partial charge in [0.05, 0.1) is 0 Å². The standard InChI is InChI=1S/C31H56O/c1-3-5-7-9-11-13-15-17-19-21-23-29(30-25-27-31(32)28-26-30)24-22-20-18-16-14-12-10-8-6-4-2/h25-29,32H,3-24H2,1-2H3. The molecule has 0 atom stereocenters. The SMILES string of the molecule is CCCCCCCCCCCCC(CCCCCCCCCCCC)c1ccc(O)cc1. The van der Waals surface area contributed by atoms with E-state index in [1.54, 1.807) is 0 Å². The summed E-state index contributed by atoms with van der Waals surface area (Å²) in [5.74, 6) is 1.07. The number of phenols is 1. The summed E-state index contributed by atoms with van der Waals surface area (Å²) < 4.78 is 0. The summed E-state index contributed by atoms with van der Waals surface area (Å²) in [5, 5.41) is 9.67. The van der Waals surface area contributed by atoms with Crippen molar-refractivity contribution in [3.63, 3.8) is 0 Å². The first kappa shape index (κ1) is 29.1. The second kappa shape index (κ2) is 21.8. The molecule has 0 aliphatic heterocycles. The van der Waals surface area contributed by atoms with Crippen LogP contribution in [0.1, 0.15) is 167 Å². The molecule has 0 unspecified atom stereocenters. The van der Waals surface area contributed by atoms with E-state index >= 15 is 0 Å². The predicted molar refractivity (Wildman–Crippen MR) is 144 cm³/mol. The summed E-state index contributed by atoms with van der Waals surface area (Å²) in [6, 6.07) is 8.07. The van der Waals surface area contributed by atoms with Crippen molar-refractivity contribution in [3.8, 4) is 5.75 Å². The fourth-order valence-corrected chi connectivity index (χ4v) is 4.98. The molecule has 0 fully saturated rings. The number of unbranched alkanes of at least 4 members (excludes halogenated alkanes) is 18. The highest BCUT2D eigenvalue weighted by atomic mass is 16.3. The van der Waals surface area contributed by atoms with Crippen LogP contribution >= 0.6 is 0 Å². The molecular weight excluding hydrogens is 388 g/mol. The molecule has 32 heavy (non-hydrogen) atoms. The lowest BCUT2D eigenvalue weighted by Gasteiger charge is -2.18. The Labute approximate surface area is 201 Å². The van der Waals surface area contributed by atoms with E-state index in [1.807, 2.05) is 12.1 Å². The van der Waals surface area contributed by atoms with Gasteiger partial charge in [-0.1, -0.05) is 154 Å². The topological polar surface area (TPSA) is 20.2 Å². The number of phenolic OH excluding ortho intramolecular Hbond substituents is 1. The van der Waals surface area contributed by atoms with E-state index < -0.39 is 0 Å². The van der Waals surface area contributed by atoms with Gasteiger partial charge in [-0.15, -0.1) is 0 Å². The number of aromatic hydroxyl groups is 1. The van der Waals surface area contributed by atoms with Gasteiger partial charge in [-0.3, -0.25) is 0 Å². The maximum Gasteiger partial charge on any atom is 0.115 e. The highest BCUT2D eigenvalue weighted by molar-refractivity contribution is 5.28. The monoisotopic (exact) mass is 444 g/mol. The minimum atomic E-state index is 0.394. The zero-order valence-electron chi connectivity index (χ0n) is 21.9. The van der Waals surface area contributed by atoms with Crippen LogP contribution in [0.25, 0.3) is 0 Å². The molecule has 1 rings (SSSR count). The number of hydrogen-bond acceptors (Lipinski definition) is 1. The van der Waals surface area contributed by atoms with E-state index in [2.05, 4.69) is 26.0 Å². The second-order valence-electron chi connectivity index (χ2n) is 10.2. The third kappa shape index (κ3) is 16.6. The second-order valence-corrected chi connectivity index (χ2v) is 10.2. The molecule has 1 aromatic carbocycles. The molecule has 0 saturated carbocycles. The van der Waals surface area contributed by atoms with Crippen LogP contribution in [0.5, 0.6) is 5.75 Å². The average Bonchev–Trinajstić information content (AvgIpc) is 2.80. The zero-order valence-corrected chi connectivity index (χ0v) is 21.9. The summed E-state index contributed by atoms with van der Waals surface area (Å²) in [7, 11) is 0. The minimum absolute atomic E-state index is 0.394. The van der Waals surface area contributed by atoms with Crippen molar-refractivity contribution in [1.29, 1.82) is 0 Å². The summed E-state index contributed by atoms with van der Waals surface area (Å²) in [5.41, 5.74) is 1.44. The van der Waals surface area contributed by atoms with Crippen LogP contribution < -0.4 is 0 Å². The molecule has 0 heterocycles. The Kier molecular flexibility index (Phi) is 19.8. The van der Waals surface area contributed by atoms with Crippen LogP contribution in [0, 0.1) is 0 Å². The summed E-state index contributed by atoms with van der Waals surface area (Å²) in [4.78, 5) is 0. The van der Waals surface area contributed by atoms with Crippen molar-refractivity contribution in [3.05, 3.63) is 29.8 Å². The first-order valence-electron chi connectivity index (χ1n) is 14.6. The number of benzene rings is 1. The Morgan fingerprint density at radius 3 is 1.12 bits per heavy atom. The van der Waals surface area contributed by atoms with Gasteiger partial charge in [0.25, 0.3) is 0 Å². The van der Waals surface area contributed by atoms with Crippen molar-refractivity contribution in [2.75, 3.05) is 0 Å². The lowest BCUT2D eigenvalue weighted by Crippen LogP contribution is -2.00. The van der Waals surface area contributed by atoms with E-state index in [-0.39, 0.29) is 0 Å². The zero-order chi connectivity index (χ0) is 23.1. The van der Waals surface area contributed by atoms with E-state index in [0.717, 1.165) is 0 Å². The molecule has 186 valence electrons. The molecule has 0 amide bonds. The predicted octanol–water partition coefficient (Wildman–Crippen LogP) is 11.1. The third-order valence-electron chi connectivity index (χ3n) is 7.18. The number of rotatable bonds is 23. The van der Waals surface area contributed by atoms with Gasteiger partial charge < -0.3 is 5.11 Å². The minimum Gasteiger partial charge on any atom is -0.508 e. The van der Waals surface area contributed by atoms with Gasteiger partial charge in [-0.25, -0.2) is 0 Å². The molecule has 1 nitrogen and oxygen atoms in total. The Balaban J connectivity index is 2.16. The lowest BCUT2D eigenvalue weighted by atomic mass is 9.88. The van der Waals surface area contributed by atoms with E-state index in [0.29, 0.717) is 11.7 Å². The van der Waals surface area contributed by atoms with Gasteiger partial charge in [-0.2, -0.15) is 0 Å². The van der Waals surface area contributed by atoms with Crippen LogP contribution in [-0.2, 0) is 0 Å². The van der Waals surface area contributed by atoms with Gasteiger partial charge in [0, 0.05) is 0 Å². The summed E-state index contributed by atoms with van der Waals surface area (Å²) >= 11 is 0. The fourth-order valence-electron chi connectivity index (χ4n) is 4.98. The Hall–Kier alpha value is -0.980. The third-order valence-corrected chi connectivity index (χ3v) is 7.18. The van der Waals surface area contributed by atoms with E-state index in [9.17, 15) is 5.11 Å². The number of hydrogen-bond donors (Lipinski definition) is 1. The quantitative estimate of drug-likeness (QED) is 0.166. The molecule has 1 aromatic rings. The van der Waals surface area contributed by atoms with E-state index in [4.69, 9.17) is 0 Å². The van der Waals surface area contributed by atoms with Crippen molar-refractivity contribution in [2.24, 2.45) is 0 Å². The maximum atomic E-state index is 9.67. The molecule has 0 aliphatic carbocycles. The summed E-state index contributed by atoms with van der Waals surface area (Å²) in [6.45, 7) is 4.59. The molecule has 0 saturated heterocycles. The molecule has 0 bridgehead atoms. The van der Waals surface area contributed by atoms with E-state index in [1.165, 1.54) is 147 Å². The van der Waals surface area contributed by atoms with Crippen LogP contribution in [0.4, 0.5) is 0 Å². The first-order valence-corrected chi connectivity index (χ1v) is 14.6. The van der Waals surface area contributed by atoms with Gasteiger partial charge in [0.1, 0.15) is 5.75 Å². The average molecular weight is 445 g/mol. The molecule has 1 N–H and O–H groups in total. The van der Waals surface area contributed by atoms with Crippen molar-refractivity contribution >= 4 is 0 Å². The van der Waals surface area contributed by atoms with Crippen LogP contribution in [0.2, 0.25) is 0 Å². The smallest absolute Gasteiger partial charge is 0.115 e. The maximum absolute atomic E-state index is 9.67. The van der Waals surface area contributed by atoms with Crippen molar-refractivity contribution < 1.29 is 5.11 Å². The van der Waals surface area contributed by atoms with Gasteiger partial charge in [0.2, 0.25) is 0 Å². The fraction of sp³-hybridized carbons (Fsp3) is 0.806. The normalized spacial score (nSPS) is 11.5. The first-order chi connectivity index (χ1) is 15.8. The van der Waals surface area contributed by atoms with Crippen LogP contribution in [0.15, 0.2) is 24.3 Å². The van der Waals surface area contributed by atoms with Crippen molar-refractivity contribution in [1.82, 2.24) is 0 Å². The van der Waals surface area contributed by atoms with Gasteiger partial charge >= 0.3 is 0 Å². The molecular formula is C31H56O. The van der Waals surface area contributed by atoms with Gasteiger partial charge in [-0.05, 0) is 36.5 Å². The Bertz CT molecular complexity index is 468. The summed E-state index contributed by atoms with van der Waals surface area (Å²) in [6.07, 6.45) is 30.8. The van der Waals surface area contributed by atoms with Crippen LogP contribution in [0.3, 0.4) is 0 Å². The Morgan fingerprint density at radius 2 is 0.781 bits per heavy atom. The Morgan fingerprint density at radius 1 is 0.469 bits per heavy atom. The highest BCUT2D eigenvalue weighted by Crippen LogP contribution is 2.30. The molecule has 1 heteroatoms. The lowest BCUT2D eigenvalue weighted by molar-refractivity contribution is 0.470. The largest absolute Gasteiger partial charge is 0.508 e. The van der Waals surface area contributed by atoms with Crippen LogP contribution in [-0.4, -0.2) is 5.11 Å². The van der Waals surface area contributed by atoms with Gasteiger partial charge in [0.15, 0.2) is 0 Å².